The molecule has 0 aliphatic rings. The first-order chi connectivity index (χ1) is 8.58. The summed E-state index contributed by atoms with van der Waals surface area (Å²) >= 11 is 5.80. The molecule has 0 atom stereocenters. The fraction of sp³-hybridized carbons (Fsp3) is 0.133. The molecule has 0 aliphatic carbocycles. The van der Waals surface area contributed by atoms with Crippen LogP contribution in [0, 0.1) is 0 Å². The molecule has 0 spiro atoms. The van der Waals surface area contributed by atoms with Crippen molar-refractivity contribution >= 4 is 23.1 Å². The third-order valence-corrected chi connectivity index (χ3v) is 3.00. The van der Waals surface area contributed by atoms with Crippen LogP contribution in [0.3, 0.4) is 0 Å². The molecular formula is C15H14ClNO. The highest BCUT2D eigenvalue weighted by Crippen LogP contribution is 2.17. The van der Waals surface area contributed by atoms with Gasteiger partial charge < -0.3 is 4.90 Å². The fourth-order valence-corrected chi connectivity index (χ4v) is 1.80. The molecule has 0 N–H and O–H groups in total. The fourth-order valence-electron chi connectivity index (χ4n) is 1.68. The van der Waals surface area contributed by atoms with Crippen LogP contribution in [-0.4, -0.2) is 19.9 Å². The Balaban J connectivity index is 2.26. The van der Waals surface area contributed by atoms with Gasteiger partial charge in [-0.15, -0.1) is 0 Å². The second-order valence-corrected chi connectivity index (χ2v) is 4.71. The first kappa shape index (κ1) is 12.7. The second kappa shape index (κ2) is 5.23. The lowest BCUT2D eigenvalue weighted by molar-refractivity contribution is 0.103. The minimum absolute atomic E-state index is 0.0111. The van der Waals surface area contributed by atoms with Crippen LogP contribution in [0.5, 0.6) is 0 Å². The Hall–Kier alpha value is -1.80. The molecular weight excluding hydrogens is 246 g/mol. The van der Waals surface area contributed by atoms with Gasteiger partial charge in [0.1, 0.15) is 0 Å². The molecule has 0 aromatic heterocycles. The average molecular weight is 260 g/mol. The minimum atomic E-state index is 0.0111. The third kappa shape index (κ3) is 2.71. The van der Waals surface area contributed by atoms with Crippen LogP contribution in [0.1, 0.15) is 15.9 Å². The summed E-state index contributed by atoms with van der Waals surface area (Å²) in [5.74, 6) is 0.0111. The van der Waals surface area contributed by atoms with E-state index in [-0.39, 0.29) is 5.78 Å². The SMILES string of the molecule is CN(C)c1ccc(C(=O)c2ccc(Cl)cc2)cc1. The highest BCUT2D eigenvalue weighted by Gasteiger charge is 2.08. The molecule has 0 bridgehead atoms. The van der Waals surface area contributed by atoms with Gasteiger partial charge in [0, 0.05) is 35.9 Å². The van der Waals surface area contributed by atoms with Crippen LogP contribution in [0.15, 0.2) is 48.5 Å². The second-order valence-electron chi connectivity index (χ2n) is 4.28. The van der Waals surface area contributed by atoms with Crippen molar-refractivity contribution in [2.45, 2.75) is 0 Å². The van der Waals surface area contributed by atoms with E-state index in [1.54, 1.807) is 24.3 Å². The van der Waals surface area contributed by atoms with Crippen LogP contribution in [0.25, 0.3) is 0 Å². The summed E-state index contributed by atoms with van der Waals surface area (Å²) in [6, 6.07) is 14.5. The minimum Gasteiger partial charge on any atom is -0.378 e. The van der Waals surface area contributed by atoms with Crippen LogP contribution in [0.4, 0.5) is 5.69 Å². The predicted molar refractivity (Wildman–Crippen MR) is 75.7 cm³/mol. The van der Waals surface area contributed by atoms with E-state index in [9.17, 15) is 4.79 Å². The monoisotopic (exact) mass is 259 g/mol. The maximum atomic E-state index is 12.2. The number of nitrogens with zero attached hydrogens (tertiary/aromatic N) is 1. The van der Waals surface area contributed by atoms with E-state index in [1.807, 2.05) is 43.3 Å². The number of hydrogen-bond acceptors (Lipinski definition) is 2. The molecule has 0 amide bonds. The standard InChI is InChI=1S/C15H14ClNO/c1-17(2)14-9-5-12(6-10-14)15(18)11-3-7-13(16)8-4-11/h3-10H,1-2H3. The molecule has 0 saturated carbocycles. The van der Waals surface area contributed by atoms with Gasteiger partial charge in [-0.3, -0.25) is 4.79 Å². The number of halogens is 1. The van der Waals surface area contributed by atoms with E-state index in [1.165, 1.54) is 0 Å². The normalized spacial score (nSPS) is 10.2. The number of hydrogen-bond donors (Lipinski definition) is 0. The zero-order valence-corrected chi connectivity index (χ0v) is 11.1. The Bertz CT molecular complexity index is 544. The molecule has 0 unspecified atom stereocenters. The Kier molecular flexibility index (Phi) is 3.68. The summed E-state index contributed by atoms with van der Waals surface area (Å²) in [5, 5.41) is 0.634. The highest BCUT2D eigenvalue weighted by molar-refractivity contribution is 6.30. The quantitative estimate of drug-likeness (QED) is 0.785. The van der Waals surface area contributed by atoms with E-state index in [0.29, 0.717) is 16.1 Å². The number of carbonyl (C=O) groups excluding carboxylic acids is 1. The van der Waals surface area contributed by atoms with Crippen molar-refractivity contribution < 1.29 is 4.79 Å². The molecule has 18 heavy (non-hydrogen) atoms. The van der Waals surface area contributed by atoms with Crippen LogP contribution >= 0.6 is 11.6 Å². The molecule has 2 nitrogen and oxygen atoms in total. The number of ketones is 1. The summed E-state index contributed by atoms with van der Waals surface area (Å²) in [5.41, 5.74) is 2.41. The lowest BCUT2D eigenvalue weighted by Crippen LogP contribution is -2.09. The van der Waals surface area contributed by atoms with Gasteiger partial charge in [-0.05, 0) is 48.5 Å². The first-order valence-corrected chi connectivity index (χ1v) is 6.03. The lowest BCUT2D eigenvalue weighted by Gasteiger charge is -2.12. The Morgan fingerprint density at radius 1 is 0.889 bits per heavy atom. The predicted octanol–water partition coefficient (Wildman–Crippen LogP) is 3.64. The molecule has 92 valence electrons. The van der Waals surface area contributed by atoms with E-state index < -0.39 is 0 Å². The van der Waals surface area contributed by atoms with Gasteiger partial charge in [0.15, 0.2) is 5.78 Å². The summed E-state index contributed by atoms with van der Waals surface area (Å²) in [6.45, 7) is 0. The maximum Gasteiger partial charge on any atom is 0.193 e. The van der Waals surface area contributed by atoms with Gasteiger partial charge in [-0.2, -0.15) is 0 Å². The van der Waals surface area contributed by atoms with Crippen molar-refractivity contribution in [2.75, 3.05) is 19.0 Å². The summed E-state index contributed by atoms with van der Waals surface area (Å²) < 4.78 is 0. The molecule has 0 fully saturated rings. The molecule has 2 aromatic carbocycles. The molecule has 2 rings (SSSR count). The summed E-state index contributed by atoms with van der Waals surface area (Å²) in [4.78, 5) is 14.2. The van der Waals surface area contributed by atoms with E-state index in [0.717, 1.165) is 5.69 Å². The van der Waals surface area contributed by atoms with E-state index in [4.69, 9.17) is 11.6 Å². The average Bonchev–Trinajstić information content (AvgIpc) is 2.39. The Morgan fingerprint density at radius 3 is 1.78 bits per heavy atom. The van der Waals surface area contributed by atoms with Crippen LogP contribution in [-0.2, 0) is 0 Å². The zero-order chi connectivity index (χ0) is 13.1. The van der Waals surface area contributed by atoms with Crippen molar-refractivity contribution in [3.63, 3.8) is 0 Å². The lowest BCUT2D eigenvalue weighted by atomic mass is 10.0. The van der Waals surface area contributed by atoms with Gasteiger partial charge >= 0.3 is 0 Å². The van der Waals surface area contributed by atoms with Gasteiger partial charge in [-0.1, -0.05) is 11.6 Å². The highest BCUT2D eigenvalue weighted by atomic mass is 35.5. The van der Waals surface area contributed by atoms with Gasteiger partial charge in [0.05, 0.1) is 0 Å². The van der Waals surface area contributed by atoms with Gasteiger partial charge in [0.2, 0.25) is 0 Å². The smallest absolute Gasteiger partial charge is 0.193 e. The molecule has 3 heteroatoms. The van der Waals surface area contributed by atoms with Crippen LogP contribution < -0.4 is 4.90 Å². The van der Waals surface area contributed by atoms with Crippen molar-refractivity contribution in [3.05, 3.63) is 64.7 Å². The summed E-state index contributed by atoms with van der Waals surface area (Å²) in [6.07, 6.45) is 0. The topological polar surface area (TPSA) is 20.3 Å². The van der Waals surface area contributed by atoms with E-state index in [2.05, 4.69) is 0 Å². The maximum absolute atomic E-state index is 12.2. The molecule has 0 saturated heterocycles. The van der Waals surface area contributed by atoms with Crippen molar-refractivity contribution in [1.29, 1.82) is 0 Å². The van der Waals surface area contributed by atoms with Gasteiger partial charge in [-0.25, -0.2) is 0 Å². The molecule has 0 radical (unpaired) electrons. The van der Waals surface area contributed by atoms with E-state index >= 15 is 0 Å². The number of rotatable bonds is 3. The Labute approximate surface area is 112 Å². The number of anilines is 1. The van der Waals surface area contributed by atoms with Gasteiger partial charge in [0.25, 0.3) is 0 Å². The van der Waals surface area contributed by atoms with Crippen molar-refractivity contribution in [3.8, 4) is 0 Å². The Morgan fingerprint density at radius 2 is 1.33 bits per heavy atom. The summed E-state index contributed by atoms with van der Waals surface area (Å²) in [7, 11) is 3.94. The first-order valence-electron chi connectivity index (χ1n) is 5.65. The third-order valence-electron chi connectivity index (χ3n) is 2.75. The molecule has 0 heterocycles. The van der Waals surface area contributed by atoms with Crippen molar-refractivity contribution in [1.82, 2.24) is 0 Å². The van der Waals surface area contributed by atoms with Crippen molar-refractivity contribution in [2.24, 2.45) is 0 Å². The molecule has 0 aliphatic heterocycles. The van der Waals surface area contributed by atoms with Crippen LogP contribution in [0.2, 0.25) is 5.02 Å². The zero-order valence-electron chi connectivity index (χ0n) is 10.4. The molecule has 2 aromatic rings. The number of benzene rings is 2. The largest absolute Gasteiger partial charge is 0.378 e. The number of carbonyl (C=O) groups is 1.